The Morgan fingerprint density at radius 3 is 2.56 bits per heavy atom. The number of hydrogen-bond acceptors (Lipinski definition) is 3. The van der Waals surface area contributed by atoms with Crippen LogP contribution in [0, 0.1) is 13.8 Å². The molecule has 94 valence electrons. The molecule has 0 bridgehead atoms. The second-order valence-electron chi connectivity index (χ2n) is 4.11. The standard InChI is InChI=1S/C14H14O3S/c1-8-7-12(17-3)9(2)6-11(8)10-4-5-18-13(10)14(15)16/h4-7H,1-3H3,(H,15,16). The Morgan fingerprint density at radius 2 is 1.94 bits per heavy atom. The molecule has 4 heteroatoms. The Morgan fingerprint density at radius 1 is 1.22 bits per heavy atom. The van der Waals surface area contributed by atoms with Crippen LogP contribution in [0.15, 0.2) is 23.6 Å². The smallest absolute Gasteiger partial charge is 0.346 e. The Balaban J connectivity index is 2.61. The Hall–Kier alpha value is -1.81. The van der Waals surface area contributed by atoms with E-state index in [2.05, 4.69) is 0 Å². The molecule has 0 radical (unpaired) electrons. The molecule has 0 aliphatic rings. The average molecular weight is 262 g/mol. The predicted octanol–water partition coefficient (Wildman–Crippen LogP) is 3.74. The first-order valence-corrected chi connectivity index (χ1v) is 6.39. The Kier molecular flexibility index (Phi) is 3.39. The van der Waals surface area contributed by atoms with Crippen LogP contribution in [0.3, 0.4) is 0 Å². The molecule has 2 aromatic rings. The zero-order valence-electron chi connectivity index (χ0n) is 10.5. The highest BCUT2D eigenvalue weighted by molar-refractivity contribution is 7.12. The molecule has 18 heavy (non-hydrogen) atoms. The maximum absolute atomic E-state index is 11.2. The number of methoxy groups -OCH3 is 1. The first-order valence-electron chi connectivity index (χ1n) is 5.51. The molecule has 1 heterocycles. The molecule has 0 fully saturated rings. The maximum atomic E-state index is 11.2. The number of benzene rings is 1. The highest BCUT2D eigenvalue weighted by Crippen LogP contribution is 2.34. The fourth-order valence-electron chi connectivity index (χ4n) is 1.99. The number of carboxylic acid groups (broad SMARTS) is 1. The fraction of sp³-hybridized carbons (Fsp3) is 0.214. The van der Waals surface area contributed by atoms with Gasteiger partial charge in [-0.15, -0.1) is 11.3 Å². The van der Waals surface area contributed by atoms with Crippen LogP contribution in [0.4, 0.5) is 0 Å². The molecular weight excluding hydrogens is 248 g/mol. The largest absolute Gasteiger partial charge is 0.496 e. The van der Waals surface area contributed by atoms with Gasteiger partial charge in [0.05, 0.1) is 7.11 Å². The molecule has 0 spiro atoms. The third kappa shape index (κ3) is 2.11. The van der Waals surface area contributed by atoms with Crippen LogP contribution in [0.5, 0.6) is 5.75 Å². The summed E-state index contributed by atoms with van der Waals surface area (Å²) < 4.78 is 5.26. The van der Waals surface area contributed by atoms with E-state index >= 15 is 0 Å². The number of aryl methyl sites for hydroxylation is 2. The van der Waals surface area contributed by atoms with Gasteiger partial charge in [-0.1, -0.05) is 0 Å². The van der Waals surface area contributed by atoms with Crippen molar-refractivity contribution in [2.75, 3.05) is 7.11 Å². The molecule has 0 saturated heterocycles. The number of carbonyl (C=O) groups is 1. The van der Waals surface area contributed by atoms with E-state index in [0.717, 1.165) is 28.0 Å². The fourth-order valence-corrected chi connectivity index (χ4v) is 2.73. The Labute approximate surface area is 110 Å². The van der Waals surface area contributed by atoms with Gasteiger partial charge in [-0.25, -0.2) is 4.79 Å². The predicted molar refractivity (Wildman–Crippen MR) is 72.7 cm³/mol. The van der Waals surface area contributed by atoms with Gasteiger partial charge in [-0.05, 0) is 54.1 Å². The highest BCUT2D eigenvalue weighted by atomic mass is 32.1. The lowest BCUT2D eigenvalue weighted by molar-refractivity contribution is 0.0703. The third-order valence-electron chi connectivity index (χ3n) is 2.89. The molecule has 0 aliphatic heterocycles. The minimum Gasteiger partial charge on any atom is -0.496 e. The molecule has 0 aliphatic carbocycles. The number of carboxylic acids is 1. The molecule has 0 saturated carbocycles. The number of hydrogen-bond donors (Lipinski definition) is 1. The van der Waals surface area contributed by atoms with Crippen molar-refractivity contribution in [3.05, 3.63) is 39.6 Å². The van der Waals surface area contributed by atoms with E-state index in [0.29, 0.717) is 4.88 Å². The van der Waals surface area contributed by atoms with Crippen molar-refractivity contribution in [2.45, 2.75) is 13.8 Å². The van der Waals surface area contributed by atoms with E-state index in [1.165, 1.54) is 11.3 Å². The lowest BCUT2D eigenvalue weighted by Gasteiger charge is -2.11. The van der Waals surface area contributed by atoms with E-state index in [-0.39, 0.29) is 0 Å². The number of ether oxygens (including phenoxy) is 1. The second kappa shape index (κ2) is 4.82. The summed E-state index contributed by atoms with van der Waals surface area (Å²) in [7, 11) is 1.63. The summed E-state index contributed by atoms with van der Waals surface area (Å²) in [5.41, 5.74) is 3.74. The molecule has 0 atom stereocenters. The van der Waals surface area contributed by atoms with Gasteiger partial charge >= 0.3 is 5.97 Å². The summed E-state index contributed by atoms with van der Waals surface area (Å²) in [6.45, 7) is 3.91. The second-order valence-corrected chi connectivity index (χ2v) is 5.02. The lowest BCUT2D eigenvalue weighted by Crippen LogP contribution is -1.97. The van der Waals surface area contributed by atoms with Crippen LogP contribution in [-0.4, -0.2) is 18.2 Å². The van der Waals surface area contributed by atoms with Crippen molar-refractivity contribution < 1.29 is 14.6 Å². The zero-order chi connectivity index (χ0) is 13.3. The van der Waals surface area contributed by atoms with Crippen molar-refractivity contribution in [3.8, 4) is 16.9 Å². The molecular formula is C14H14O3S. The van der Waals surface area contributed by atoms with Crippen LogP contribution in [0.1, 0.15) is 20.8 Å². The van der Waals surface area contributed by atoms with E-state index in [1.807, 2.05) is 32.0 Å². The van der Waals surface area contributed by atoms with Gasteiger partial charge in [0, 0.05) is 5.56 Å². The van der Waals surface area contributed by atoms with Gasteiger partial charge in [0.25, 0.3) is 0 Å². The summed E-state index contributed by atoms with van der Waals surface area (Å²) in [6.07, 6.45) is 0. The molecule has 1 N–H and O–H groups in total. The SMILES string of the molecule is COc1cc(C)c(-c2ccsc2C(=O)O)cc1C. The van der Waals surface area contributed by atoms with Crippen molar-refractivity contribution >= 4 is 17.3 Å². The molecule has 2 rings (SSSR count). The number of aromatic carboxylic acids is 1. The van der Waals surface area contributed by atoms with Crippen molar-refractivity contribution in [1.29, 1.82) is 0 Å². The van der Waals surface area contributed by atoms with Gasteiger partial charge in [0.1, 0.15) is 10.6 Å². The van der Waals surface area contributed by atoms with E-state index in [4.69, 9.17) is 9.84 Å². The summed E-state index contributed by atoms with van der Waals surface area (Å²) in [6, 6.07) is 5.76. The quantitative estimate of drug-likeness (QED) is 0.916. The number of rotatable bonds is 3. The average Bonchev–Trinajstić information content (AvgIpc) is 2.80. The van der Waals surface area contributed by atoms with E-state index < -0.39 is 5.97 Å². The van der Waals surface area contributed by atoms with Crippen LogP contribution in [0.2, 0.25) is 0 Å². The number of thiophene rings is 1. The normalized spacial score (nSPS) is 10.4. The minimum atomic E-state index is -0.882. The molecule has 3 nitrogen and oxygen atoms in total. The van der Waals surface area contributed by atoms with E-state index in [9.17, 15) is 4.79 Å². The van der Waals surface area contributed by atoms with Crippen molar-refractivity contribution in [1.82, 2.24) is 0 Å². The summed E-state index contributed by atoms with van der Waals surface area (Å²) in [4.78, 5) is 11.5. The van der Waals surface area contributed by atoms with Gasteiger partial charge in [-0.3, -0.25) is 0 Å². The lowest BCUT2D eigenvalue weighted by atomic mass is 9.98. The van der Waals surface area contributed by atoms with Gasteiger partial charge in [0.15, 0.2) is 0 Å². The van der Waals surface area contributed by atoms with Crippen LogP contribution in [0.25, 0.3) is 11.1 Å². The topological polar surface area (TPSA) is 46.5 Å². The summed E-state index contributed by atoms with van der Waals surface area (Å²) in [5, 5.41) is 11.0. The van der Waals surface area contributed by atoms with Gasteiger partial charge in [-0.2, -0.15) is 0 Å². The summed E-state index contributed by atoms with van der Waals surface area (Å²) >= 11 is 1.25. The van der Waals surface area contributed by atoms with E-state index in [1.54, 1.807) is 12.5 Å². The first-order chi connectivity index (χ1) is 8.54. The van der Waals surface area contributed by atoms with Gasteiger partial charge < -0.3 is 9.84 Å². The van der Waals surface area contributed by atoms with Crippen molar-refractivity contribution in [3.63, 3.8) is 0 Å². The Bertz CT molecular complexity index is 599. The van der Waals surface area contributed by atoms with Crippen LogP contribution < -0.4 is 4.74 Å². The van der Waals surface area contributed by atoms with Crippen LogP contribution in [-0.2, 0) is 0 Å². The third-order valence-corrected chi connectivity index (χ3v) is 3.79. The minimum absolute atomic E-state index is 0.377. The monoisotopic (exact) mass is 262 g/mol. The van der Waals surface area contributed by atoms with Crippen LogP contribution >= 0.6 is 11.3 Å². The summed E-state index contributed by atoms with van der Waals surface area (Å²) in [5.74, 6) is -0.0591. The zero-order valence-corrected chi connectivity index (χ0v) is 11.3. The molecule has 1 aromatic heterocycles. The van der Waals surface area contributed by atoms with Crippen molar-refractivity contribution in [2.24, 2.45) is 0 Å². The maximum Gasteiger partial charge on any atom is 0.346 e. The van der Waals surface area contributed by atoms with Gasteiger partial charge in [0.2, 0.25) is 0 Å². The first kappa shape index (κ1) is 12.6. The highest BCUT2D eigenvalue weighted by Gasteiger charge is 2.16. The molecule has 1 aromatic carbocycles. The molecule has 0 amide bonds. The molecule has 0 unspecified atom stereocenters.